The van der Waals surface area contributed by atoms with Gasteiger partial charge in [0.2, 0.25) is 0 Å². The van der Waals surface area contributed by atoms with Crippen LogP contribution in [0.15, 0.2) is 37.3 Å². The molecule has 2 aromatic heterocycles. The zero-order chi connectivity index (χ0) is 19.8. The molecule has 0 aliphatic carbocycles. The standard InChI is InChI=1S/C13H13N3.C8H18.C2H6/c1-10(2)13-12(9-15-16-13)6-5-11-4-3-7-14-8-11;1-4-5-6-7-8(2)3;1-2/h3-9H,1H2,2H3,(H,15,16);8H,4-7H2,1-3H3;1-2H3/b6-5+;;. The molecule has 0 aliphatic heterocycles. The van der Waals surface area contributed by atoms with Gasteiger partial charge in [0.15, 0.2) is 0 Å². The SMILES string of the molecule is C=C(C)c1[nH]ncc1/C=C/c1cccnc1.CC.CCCCCC(C)C. The number of hydrogen-bond acceptors (Lipinski definition) is 2. The fraction of sp³-hybridized carbons (Fsp3) is 0.478. The van der Waals surface area contributed by atoms with Crippen LogP contribution in [0, 0.1) is 5.92 Å². The Morgan fingerprint density at radius 2 is 1.92 bits per heavy atom. The van der Waals surface area contributed by atoms with Crippen LogP contribution < -0.4 is 0 Å². The normalized spacial score (nSPS) is 10.1. The lowest BCUT2D eigenvalue weighted by Gasteiger charge is -2.00. The second-order valence-electron chi connectivity index (χ2n) is 6.49. The zero-order valence-corrected chi connectivity index (χ0v) is 17.5. The summed E-state index contributed by atoms with van der Waals surface area (Å²) in [4.78, 5) is 4.05. The quantitative estimate of drug-likeness (QED) is 0.531. The molecule has 26 heavy (non-hydrogen) atoms. The summed E-state index contributed by atoms with van der Waals surface area (Å²) >= 11 is 0. The maximum atomic E-state index is 4.05. The molecule has 0 unspecified atom stereocenters. The Kier molecular flexibility index (Phi) is 13.9. The molecule has 0 aliphatic rings. The van der Waals surface area contributed by atoms with Gasteiger partial charge in [-0.3, -0.25) is 10.1 Å². The fourth-order valence-corrected chi connectivity index (χ4v) is 2.23. The van der Waals surface area contributed by atoms with Crippen molar-refractivity contribution in [3.63, 3.8) is 0 Å². The molecular formula is C23H37N3. The van der Waals surface area contributed by atoms with Gasteiger partial charge in [0, 0.05) is 18.0 Å². The van der Waals surface area contributed by atoms with Gasteiger partial charge in [-0.2, -0.15) is 5.10 Å². The molecule has 0 aromatic carbocycles. The highest BCUT2D eigenvalue weighted by atomic mass is 15.1. The van der Waals surface area contributed by atoms with E-state index in [4.69, 9.17) is 0 Å². The lowest BCUT2D eigenvalue weighted by molar-refractivity contribution is 0.534. The van der Waals surface area contributed by atoms with E-state index in [1.807, 2.05) is 51.3 Å². The Hall–Kier alpha value is -2.16. The Morgan fingerprint density at radius 3 is 2.46 bits per heavy atom. The molecule has 0 radical (unpaired) electrons. The summed E-state index contributed by atoms with van der Waals surface area (Å²) in [5.74, 6) is 0.904. The number of aromatic nitrogens is 3. The van der Waals surface area contributed by atoms with Gasteiger partial charge < -0.3 is 0 Å². The Bertz CT molecular complexity index is 609. The highest BCUT2D eigenvalue weighted by Crippen LogP contribution is 2.16. The molecule has 0 fully saturated rings. The summed E-state index contributed by atoms with van der Waals surface area (Å²) in [5, 5.41) is 6.93. The van der Waals surface area contributed by atoms with E-state index in [0.717, 1.165) is 28.3 Å². The van der Waals surface area contributed by atoms with Gasteiger partial charge in [0.25, 0.3) is 0 Å². The Labute approximate surface area is 160 Å². The number of H-pyrrole nitrogens is 1. The van der Waals surface area contributed by atoms with Gasteiger partial charge in [0.05, 0.1) is 11.9 Å². The minimum Gasteiger partial charge on any atom is -0.278 e. The number of rotatable bonds is 7. The fourth-order valence-electron chi connectivity index (χ4n) is 2.23. The third-order valence-corrected chi connectivity index (χ3v) is 3.62. The first-order valence-corrected chi connectivity index (χ1v) is 9.82. The number of nitrogens with zero attached hydrogens (tertiary/aromatic N) is 2. The molecule has 0 atom stereocenters. The van der Waals surface area contributed by atoms with Crippen LogP contribution in [0.3, 0.4) is 0 Å². The van der Waals surface area contributed by atoms with Crippen molar-refractivity contribution in [1.29, 1.82) is 0 Å². The molecule has 0 spiro atoms. The van der Waals surface area contributed by atoms with Gasteiger partial charge in [-0.1, -0.05) is 85.1 Å². The van der Waals surface area contributed by atoms with E-state index < -0.39 is 0 Å². The Morgan fingerprint density at radius 1 is 1.19 bits per heavy atom. The smallest absolute Gasteiger partial charge is 0.0673 e. The van der Waals surface area contributed by atoms with E-state index >= 15 is 0 Å². The number of hydrogen-bond donors (Lipinski definition) is 1. The summed E-state index contributed by atoms with van der Waals surface area (Å²) < 4.78 is 0. The van der Waals surface area contributed by atoms with Crippen molar-refractivity contribution in [2.75, 3.05) is 0 Å². The summed E-state index contributed by atoms with van der Waals surface area (Å²) in [5.41, 5.74) is 4.05. The van der Waals surface area contributed by atoms with Crippen LogP contribution >= 0.6 is 0 Å². The van der Waals surface area contributed by atoms with Crippen LogP contribution in [-0.4, -0.2) is 15.2 Å². The van der Waals surface area contributed by atoms with E-state index in [-0.39, 0.29) is 0 Å². The highest BCUT2D eigenvalue weighted by Gasteiger charge is 2.01. The second-order valence-corrected chi connectivity index (χ2v) is 6.49. The average molecular weight is 356 g/mol. The molecule has 2 aromatic rings. The molecule has 3 heteroatoms. The topological polar surface area (TPSA) is 41.6 Å². The Balaban J connectivity index is 0.000000533. The molecule has 144 valence electrons. The largest absolute Gasteiger partial charge is 0.278 e. The maximum Gasteiger partial charge on any atom is 0.0673 e. The van der Waals surface area contributed by atoms with Crippen LogP contribution in [0.2, 0.25) is 0 Å². The van der Waals surface area contributed by atoms with Crippen molar-refractivity contribution in [2.24, 2.45) is 5.92 Å². The summed E-state index contributed by atoms with van der Waals surface area (Å²) in [6.07, 6.45) is 15.0. The van der Waals surface area contributed by atoms with Gasteiger partial charge in [-0.25, -0.2) is 0 Å². The predicted octanol–water partition coefficient (Wildman–Crippen LogP) is 7.26. The molecule has 0 saturated heterocycles. The molecule has 2 rings (SSSR count). The maximum absolute atomic E-state index is 4.05. The predicted molar refractivity (Wildman–Crippen MR) is 117 cm³/mol. The van der Waals surface area contributed by atoms with Crippen LogP contribution in [0.5, 0.6) is 0 Å². The van der Waals surface area contributed by atoms with Crippen molar-refractivity contribution in [1.82, 2.24) is 15.2 Å². The number of unbranched alkanes of at least 4 members (excludes halogenated alkanes) is 2. The molecule has 0 amide bonds. The van der Waals surface area contributed by atoms with E-state index in [1.165, 1.54) is 25.7 Å². The summed E-state index contributed by atoms with van der Waals surface area (Å²) in [6.45, 7) is 16.7. The first kappa shape index (κ1) is 23.8. The molecular weight excluding hydrogens is 318 g/mol. The first-order chi connectivity index (χ1) is 12.5. The number of pyridine rings is 1. The summed E-state index contributed by atoms with van der Waals surface area (Å²) in [6, 6.07) is 3.92. The van der Waals surface area contributed by atoms with Gasteiger partial charge >= 0.3 is 0 Å². The van der Waals surface area contributed by atoms with Gasteiger partial charge in [0.1, 0.15) is 0 Å². The second kappa shape index (κ2) is 15.1. The first-order valence-electron chi connectivity index (χ1n) is 9.82. The molecule has 2 heterocycles. The summed E-state index contributed by atoms with van der Waals surface area (Å²) in [7, 11) is 0. The minimum absolute atomic E-state index is 0.904. The number of nitrogens with one attached hydrogen (secondary N) is 1. The molecule has 3 nitrogen and oxygen atoms in total. The third kappa shape index (κ3) is 10.7. The molecule has 0 saturated carbocycles. The minimum atomic E-state index is 0.904. The van der Waals surface area contributed by atoms with Crippen molar-refractivity contribution in [2.45, 2.75) is 67.2 Å². The van der Waals surface area contributed by atoms with E-state index in [2.05, 4.69) is 42.5 Å². The lowest BCUT2D eigenvalue weighted by atomic mass is 10.1. The van der Waals surface area contributed by atoms with Crippen molar-refractivity contribution >= 4 is 17.7 Å². The van der Waals surface area contributed by atoms with E-state index in [9.17, 15) is 0 Å². The molecule has 0 bridgehead atoms. The van der Waals surface area contributed by atoms with Gasteiger partial charge in [-0.15, -0.1) is 0 Å². The van der Waals surface area contributed by atoms with Crippen LogP contribution in [0.1, 0.15) is 84.0 Å². The zero-order valence-electron chi connectivity index (χ0n) is 17.5. The van der Waals surface area contributed by atoms with Crippen LogP contribution in [0.4, 0.5) is 0 Å². The average Bonchev–Trinajstić information content (AvgIpc) is 3.12. The van der Waals surface area contributed by atoms with Crippen molar-refractivity contribution in [3.8, 4) is 0 Å². The number of allylic oxidation sites excluding steroid dienone is 1. The van der Waals surface area contributed by atoms with E-state index in [0.29, 0.717) is 0 Å². The van der Waals surface area contributed by atoms with E-state index in [1.54, 1.807) is 12.4 Å². The number of aromatic amines is 1. The monoisotopic (exact) mass is 355 g/mol. The lowest BCUT2D eigenvalue weighted by Crippen LogP contribution is -1.85. The van der Waals surface area contributed by atoms with Crippen molar-refractivity contribution < 1.29 is 0 Å². The third-order valence-electron chi connectivity index (χ3n) is 3.62. The van der Waals surface area contributed by atoms with Crippen LogP contribution in [0.25, 0.3) is 17.7 Å². The van der Waals surface area contributed by atoms with Crippen LogP contribution in [-0.2, 0) is 0 Å². The highest BCUT2D eigenvalue weighted by molar-refractivity contribution is 5.76. The van der Waals surface area contributed by atoms with Crippen molar-refractivity contribution in [3.05, 3.63) is 54.1 Å². The van der Waals surface area contributed by atoms with Gasteiger partial charge in [-0.05, 0) is 30.0 Å². The molecule has 1 N–H and O–H groups in total.